The number of carbonyl (C=O) groups is 2. The SMILES string of the molecule is C[NH+]1CCN(C(=O)CCN2C(=O)/C(=C\c3ccc(Cl)cc3Cl)SC2=S)CC1. The first kappa shape index (κ1) is 20.6. The van der Waals surface area contributed by atoms with Gasteiger partial charge in [-0.3, -0.25) is 14.5 Å². The molecule has 1 aromatic carbocycles. The molecule has 2 saturated heterocycles. The van der Waals surface area contributed by atoms with Gasteiger partial charge >= 0.3 is 0 Å². The summed E-state index contributed by atoms with van der Waals surface area (Å²) in [6.45, 7) is 3.74. The number of thioether (sulfide) groups is 1. The van der Waals surface area contributed by atoms with Gasteiger partial charge in [-0.15, -0.1) is 0 Å². The van der Waals surface area contributed by atoms with Gasteiger partial charge in [-0.05, 0) is 23.8 Å². The summed E-state index contributed by atoms with van der Waals surface area (Å²) in [4.78, 5) is 30.4. The second-order valence-electron chi connectivity index (χ2n) is 6.59. The molecule has 2 aliphatic rings. The Bertz CT molecular complexity index is 808. The van der Waals surface area contributed by atoms with Crippen LogP contribution in [0.4, 0.5) is 0 Å². The highest BCUT2D eigenvalue weighted by molar-refractivity contribution is 8.26. The van der Waals surface area contributed by atoms with Crippen LogP contribution in [-0.4, -0.2) is 65.7 Å². The third-order valence-corrected chi connectivity index (χ3v) is 6.58. The molecule has 2 fully saturated rings. The summed E-state index contributed by atoms with van der Waals surface area (Å²) in [7, 11) is 2.13. The van der Waals surface area contributed by atoms with E-state index in [4.69, 9.17) is 35.4 Å². The van der Waals surface area contributed by atoms with E-state index in [0.29, 0.717) is 31.4 Å². The van der Waals surface area contributed by atoms with Crippen molar-refractivity contribution in [2.45, 2.75) is 6.42 Å². The monoisotopic (exact) mass is 444 g/mol. The molecule has 0 unspecified atom stereocenters. The van der Waals surface area contributed by atoms with Crippen molar-refractivity contribution in [3.05, 3.63) is 38.7 Å². The maximum absolute atomic E-state index is 12.7. The Morgan fingerprint density at radius 3 is 2.70 bits per heavy atom. The molecule has 144 valence electrons. The minimum atomic E-state index is -0.188. The highest BCUT2D eigenvalue weighted by Crippen LogP contribution is 2.34. The summed E-state index contributed by atoms with van der Waals surface area (Å²) in [6.07, 6.45) is 1.99. The Morgan fingerprint density at radius 1 is 1.33 bits per heavy atom. The van der Waals surface area contributed by atoms with Crippen molar-refractivity contribution in [2.75, 3.05) is 39.8 Å². The average Bonchev–Trinajstić information content (AvgIpc) is 2.89. The van der Waals surface area contributed by atoms with Crippen molar-refractivity contribution in [1.29, 1.82) is 0 Å². The van der Waals surface area contributed by atoms with Gasteiger partial charge < -0.3 is 9.80 Å². The first-order valence-electron chi connectivity index (χ1n) is 8.64. The van der Waals surface area contributed by atoms with Crippen LogP contribution in [0.25, 0.3) is 6.08 Å². The predicted octanol–water partition coefficient (Wildman–Crippen LogP) is 1.94. The minimum absolute atomic E-state index is 0.0706. The maximum Gasteiger partial charge on any atom is 0.266 e. The molecule has 5 nitrogen and oxygen atoms in total. The van der Waals surface area contributed by atoms with Gasteiger partial charge in [-0.1, -0.05) is 53.2 Å². The van der Waals surface area contributed by atoms with Crippen LogP contribution in [0, 0.1) is 0 Å². The van der Waals surface area contributed by atoms with Crippen LogP contribution in [0.1, 0.15) is 12.0 Å². The predicted molar refractivity (Wildman–Crippen MR) is 114 cm³/mol. The van der Waals surface area contributed by atoms with E-state index in [1.807, 2.05) is 4.90 Å². The molecule has 0 spiro atoms. The van der Waals surface area contributed by atoms with E-state index in [1.165, 1.54) is 21.6 Å². The number of hydrogen-bond donors (Lipinski definition) is 1. The van der Waals surface area contributed by atoms with Crippen LogP contribution >= 0.6 is 47.2 Å². The van der Waals surface area contributed by atoms with E-state index in [1.54, 1.807) is 24.3 Å². The van der Waals surface area contributed by atoms with Gasteiger partial charge in [0.1, 0.15) is 4.32 Å². The van der Waals surface area contributed by atoms with Crippen LogP contribution in [0.5, 0.6) is 0 Å². The number of quaternary nitrogens is 1. The maximum atomic E-state index is 12.7. The van der Waals surface area contributed by atoms with E-state index in [9.17, 15) is 9.59 Å². The van der Waals surface area contributed by atoms with Crippen LogP contribution in [0.3, 0.4) is 0 Å². The molecule has 1 N–H and O–H groups in total. The first-order valence-corrected chi connectivity index (χ1v) is 10.6. The second-order valence-corrected chi connectivity index (χ2v) is 9.11. The average molecular weight is 445 g/mol. The number of nitrogens with zero attached hydrogens (tertiary/aromatic N) is 2. The fourth-order valence-electron chi connectivity index (χ4n) is 2.96. The summed E-state index contributed by atoms with van der Waals surface area (Å²) in [6, 6.07) is 5.11. The first-order chi connectivity index (χ1) is 12.8. The van der Waals surface area contributed by atoms with Gasteiger partial charge in [0.05, 0.1) is 38.1 Å². The summed E-state index contributed by atoms with van der Waals surface area (Å²) in [5, 5.41) is 1.01. The molecule has 0 radical (unpaired) electrons. The van der Waals surface area contributed by atoms with E-state index in [0.717, 1.165) is 26.2 Å². The summed E-state index contributed by atoms with van der Waals surface area (Å²) in [5.41, 5.74) is 0.706. The van der Waals surface area contributed by atoms with Crippen LogP contribution in [0.15, 0.2) is 23.1 Å². The largest absolute Gasteiger partial charge is 0.334 e. The molecule has 3 rings (SSSR count). The Kier molecular flexibility index (Phi) is 6.81. The number of piperazine rings is 1. The lowest BCUT2D eigenvalue weighted by molar-refractivity contribution is -0.883. The van der Waals surface area contributed by atoms with Gasteiger partial charge in [0.25, 0.3) is 5.91 Å². The zero-order chi connectivity index (χ0) is 19.6. The number of halogens is 2. The smallest absolute Gasteiger partial charge is 0.266 e. The van der Waals surface area contributed by atoms with Gasteiger partial charge in [-0.2, -0.15) is 0 Å². The lowest BCUT2D eigenvalue weighted by Gasteiger charge is -2.30. The van der Waals surface area contributed by atoms with E-state index >= 15 is 0 Å². The fraction of sp³-hybridized carbons (Fsp3) is 0.389. The van der Waals surface area contributed by atoms with E-state index < -0.39 is 0 Å². The number of benzene rings is 1. The summed E-state index contributed by atoms with van der Waals surface area (Å²) in [5.74, 6) is -0.118. The zero-order valence-corrected chi connectivity index (χ0v) is 18.0. The molecule has 0 bridgehead atoms. The Labute approximate surface area is 178 Å². The molecule has 2 amide bonds. The number of hydrogen-bond acceptors (Lipinski definition) is 4. The highest BCUT2D eigenvalue weighted by Gasteiger charge is 2.33. The topological polar surface area (TPSA) is 45.1 Å². The van der Waals surface area contributed by atoms with Crippen LogP contribution in [-0.2, 0) is 9.59 Å². The number of nitrogens with one attached hydrogen (secondary N) is 1. The van der Waals surface area contributed by atoms with Crippen LogP contribution < -0.4 is 4.90 Å². The lowest BCUT2D eigenvalue weighted by Crippen LogP contribution is -3.12. The number of thiocarbonyl (C=S) groups is 1. The molecule has 0 aliphatic carbocycles. The molecule has 2 heterocycles. The van der Waals surface area contributed by atoms with Crippen molar-refractivity contribution in [3.8, 4) is 0 Å². The van der Waals surface area contributed by atoms with Crippen molar-refractivity contribution in [3.63, 3.8) is 0 Å². The molecule has 0 saturated carbocycles. The number of carbonyl (C=O) groups excluding carboxylic acids is 2. The molecule has 27 heavy (non-hydrogen) atoms. The summed E-state index contributed by atoms with van der Waals surface area (Å²) < 4.78 is 0.465. The Hall–Kier alpha value is -1.12. The van der Waals surface area contributed by atoms with Crippen molar-refractivity contribution < 1.29 is 14.5 Å². The minimum Gasteiger partial charge on any atom is -0.334 e. The Balaban J connectivity index is 1.62. The normalized spacial score (nSPS) is 20.0. The summed E-state index contributed by atoms with van der Waals surface area (Å²) >= 11 is 18.6. The number of rotatable bonds is 4. The highest BCUT2D eigenvalue weighted by atomic mass is 35.5. The van der Waals surface area contributed by atoms with E-state index in [-0.39, 0.29) is 18.2 Å². The number of amides is 2. The van der Waals surface area contributed by atoms with Gasteiger partial charge in [0, 0.05) is 23.0 Å². The van der Waals surface area contributed by atoms with Gasteiger partial charge in [0.15, 0.2) is 0 Å². The molecule has 0 atom stereocenters. The van der Waals surface area contributed by atoms with Gasteiger partial charge in [-0.25, -0.2) is 0 Å². The lowest BCUT2D eigenvalue weighted by atomic mass is 10.2. The quantitative estimate of drug-likeness (QED) is 0.569. The molecular formula is C18H20Cl2N3O2S2+. The third-order valence-electron chi connectivity index (χ3n) is 4.64. The molecular weight excluding hydrogens is 425 g/mol. The molecule has 0 aromatic heterocycles. The van der Waals surface area contributed by atoms with Crippen LogP contribution in [0.2, 0.25) is 10.0 Å². The van der Waals surface area contributed by atoms with Gasteiger partial charge in [0.2, 0.25) is 5.91 Å². The fourth-order valence-corrected chi connectivity index (χ4v) is 4.72. The van der Waals surface area contributed by atoms with Crippen molar-refractivity contribution in [2.24, 2.45) is 0 Å². The third kappa shape index (κ3) is 5.03. The van der Waals surface area contributed by atoms with E-state index in [2.05, 4.69) is 7.05 Å². The van der Waals surface area contributed by atoms with Crippen molar-refractivity contribution >= 4 is 69.4 Å². The standard InChI is InChI=1S/C18H19Cl2N3O2S2/c1-21-6-8-22(9-7-21)16(24)4-5-23-17(25)15(27-18(23)26)10-12-2-3-13(19)11-14(12)20/h2-3,10-11H,4-9H2,1H3/p+1/b15-10+. The zero-order valence-electron chi connectivity index (χ0n) is 14.8. The Morgan fingerprint density at radius 2 is 2.04 bits per heavy atom. The molecule has 1 aromatic rings. The molecule has 9 heteroatoms. The number of likely N-dealkylation sites (N-methyl/N-ethyl adjacent to an activating group) is 1. The molecule has 2 aliphatic heterocycles. The van der Waals surface area contributed by atoms with Crippen molar-refractivity contribution in [1.82, 2.24) is 9.80 Å². The second kappa shape index (κ2) is 8.92.